The quantitative estimate of drug-likeness (QED) is 0.864. The molecule has 0 aliphatic heterocycles. The zero-order valence-electron chi connectivity index (χ0n) is 11.6. The Morgan fingerprint density at radius 1 is 1.26 bits per heavy atom. The highest BCUT2D eigenvalue weighted by Crippen LogP contribution is 2.24. The second kappa shape index (κ2) is 6.33. The fourth-order valence-corrected chi connectivity index (χ4v) is 1.87. The molecule has 0 fully saturated rings. The lowest BCUT2D eigenvalue weighted by molar-refractivity contribution is 0.255. The highest BCUT2D eigenvalue weighted by Gasteiger charge is 2.09. The van der Waals surface area contributed by atoms with Gasteiger partial charge in [-0.2, -0.15) is 0 Å². The number of aromatic nitrogens is 2. The van der Waals surface area contributed by atoms with E-state index in [4.69, 9.17) is 9.15 Å². The minimum Gasteiger partial charge on any atom is -0.483 e. The molecule has 2 aromatic rings. The van der Waals surface area contributed by atoms with E-state index >= 15 is 0 Å². The lowest BCUT2D eigenvalue weighted by atomic mass is 10.1. The van der Waals surface area contributed by atoms with Crippen LogP contribution in [0.5, 0.6) is 5.75 Å². The van der Waals surface area contributed by atoms with Crippen molar-refractivity contribution in [3.63, 3.8) is 0 Å². The van der Waals surface area contributed by atoms with Gasteiger partial charge in [0.1, 0.15) is 5.75 Å². The molecule has 0 aliphatic rings. The van der Waals surface area contributed by atoms with Gasteiger partial charge < -0.3 is 14.5 Å². The van der Waals surface area contributed by atoms with Gasteiger partial charge in [-0.15, -0.1) is 10.2 Å². The first-order chi connectivity index (χ1) is 9.24. The van der Waals surface area contributed by atoms with Gasteiger partial charge in [0.2, 0.25) is 5.89 Å². The summed E-state index contributed by atoms with van der Waals surface area (Å²) in [5.74, 6) is 2.03. The molecule has 1 aromatic carbocycles. The maximum Gasteiger partial charge on any atom is 0.253 e. The fraction of sp³-hybridized carbons (Fsp3) is 0.429. The summed E-state index contributed by atoms with van der Waals surface area (Å²) < 4.78 is 11.3. The second-order valence-corrected chi connectivity index (χ2v) is 4.33. The summed E-state index contributed by atoms with van der Waals surface area (Å²) in [5.41, 5.74) is 2.22. The number of hydrogen-bond donors (Lipinski definition) is 1. The zero-order valence-corrected chi connectivity index (χ0v) is 11.6. The van der Waals surface area contributed by atoms with E-state index in [1.165, 1.54) is 0 Å². The molecule has 102 valence electrons. The van der Waals surface area contributed by atoms with Crippen molar-refractivity contribution in [2.45, 2.75) is 33.4 Å². The van der Waals surface area contributed by atoms with Crippen molar-refractivity contribution in [2.75, 3.05) is 7.05 Å². The molecule has 0 saturated heterocycles. The number of nitrogens with one attached hydrogen (secondary N) is 1. The van der Waals surface area contributed by atoms with Gasteiger partial charge in [-0.3, -0.25) is 0 Å². The minimum absolute atomic E-state index is 0.300. The molecule has 0 unspecified atom stereocenters. The van der Waals surface area contributed by atoms with Crippen LogP contribution in [-0.2, 0) is 19.6 Å². The van der Waals surface area contributed by atoms with Gasteiger partial charge in [0, 0.05) is 18.5 Å². The van der Waals surface area contributed by atoms with E-state index in [-0.39, 0.29) is 0 Å². The average Bonchev–Trinajstić information content (AvgIpc) is 2.86. The lowest BCUT2D eigenvalue weighted by Gasteiger charge is -2.12. The van der Waals surface area contributed by atoms with Gasteiger partial charge in [-0.1, -0.05) is 25.1 Å². The number of rotatable bonds is 6. The van der Waals surface area contributed by atoms with Gasteiger partial charge in [-0.25, -0.2) is 0 Å². The van der Waals surface area contributed by atoms with Crippen LogP contribution in [0, 0.1) is 6.92 Å². The number of para-hydroxylation sites is 1. The highest BCUT2D eigenvalue weighted by atomic mass is 16.5. The van der Waals surface area contributed by atoms with Crippen LogP contribution in [0.3, 0.4) is 0 Å². The van der Waals surface area contributed by atoms with E-state index in [0.717, 1.165) is 29.8 Å². The van der Waals surface area contributed by atoms with Crippen molar-refractivity contribution in [3.05, 3.63) is 41.1 Å². The summed E-state index contributed by atoms with van der Waals surface area (Å²) in [6.07, 6.45) is 0.738. The maximum absolute atomic E-state index is 5.83. The molecule has 19 heavy (non-hydrogen) atoms. The summed E-state index contributed by atoms with van der Waals surface area (Å²) in [4.78, 5) is 0. The lowest BCUT2D eigenvalue weighted by Crippen LogP contribution is -2.08. The van der Waals surface area contributed by atoms with Gasteiger partial charge in [0.05, 0.1) is 0 Å². The Hall–Kier alpha value is -1.88. The molecule has 0 amide bonds. The Labute approximate surface area is 113 Å². The van der Waals surface area contributed by atoms with Gasteiger partial charge >= 0.3 is 0 Å². The molecular weight excluding hydrogens is 242 g/mol. The van der Waals surface area contributed by atoms with Crippen LogP contribution in [-0.4, -0.2) is 17.2 Å². The Morgan fingerprint density at radius 2 is 2.05 bits per heavy atom. The third-order valence-corrected chi connectivity index (χ3v) is 2.81. The summed E-state index contributed by atoms with van der Waals surface area (Å²) in [6.45, 7) is 5.07. The van der Waals surface area contributed by atoms with Crippen LogP contribution >= 0.6 is 0 Å². The predicted molar refractivity (Wildman–Crippen MR) is 72.0 cm³/mol. The Balaban J connectivity index is 2.09. The van der Waals surface area contributed by atoms with Crippen LogP contribution < -0.4 is 10.1 Å². The third kappa shape index (κ3) is 3.32. The van der Waals surface area contributed by atoms with Crippen LogP contribution in [0.15, 0.2) is 22.6 Å². The van der Waals surface area contributed by atoms with Crippen LogP contribution in [0.4, 0.5) is 0 Å². The molecule has 1 heterocycles. The molecule has 0 bridgehead atoms. The monoisotopic (exact) mass is 261 g/mol. The number of benzene rings is 1. The molecule has 0 aliphatic carbocycles. The average molecular weight is 261 g/mol. The summed E-state index contributed by atoms with van der Waals surface area (Å²) >= 11 is 0. The van der Waals surface area contributed by atoms with Crippen molar-refractivity contribution < 1.29 is 9.15 Å². The van der Waals surface area contributed by atoms with Crippen molar-refractivity contribution in [2.24, 2.45) is 0 Å². The number of hydrogen-bond acceptors (Lipinski definition) is 5. The standard InChI is InChI=1S/C14H19N3O2/c1-4-12-16-17-13(19-12)9-18-14-10(2)6-5-7-11(14)8-15-3/h5-7,15H,4,8-9H2,1-3H3. The molecule has 0 atom stereocenters. The number of nitrogens with zero attached hydrogens (tertiary/aromatic N) is 2. The zero-order chi connectivity index (χ0) is 13.7. The predicted octanol–water partition coefficient (Wildman–Crippen LogP) is 2.24. The largest absolute Gasteiger partial charge is 0.483 e. The van der Waals surface area contributed by atoms with E-state index in [1.54, 1.807) is 0 Å². The van der Waals surface area contributed by atoms with Gasteiger partial charge in [0.15, 0.2) is 6.61 Å². The third-order valence-electron chi connectivity index (χ3n) is 2.81. The van der Waals surface area contributed by atoms with Crippen molar-refractivity contribution in [1.29, 1.82) is 0 Å². The normalized spacial score (nSPS) is 10.7. The first-order valence-electron chi connectivity index (χ1n) is 6.41. The van der Waals surface area contributed by atoms with E-state index in [9.17, 15) is 0 Å². The molecule has 1 aromatic heterocycles. The Kier molecular flexibility index (Phi) is 4.52. The molecule has 5 heteroatoms. The topological polar surface area (TPSA) is 60.2 Å². The molecule has 1 N–H and O–H groups in total. The molecule has 2 rings (SSSR count). The first-order valence-corrected chi connectivity index (χ1v) is 6.41. The second-order valence-electron chi connectivity index (χ2n) is 4.33. The Morgan fingerprint density at radius 3 is 2.74 bits per heavy atom. The minimum atomic E-state index is 0.300. The molecule has 0 spiro atoms. The van der Waals surface area contributed by atoms with Crippen molar-refractivity contribution in [3.8, 4) is 5.75 Å². The molecule has 5 nitrogen and oxygen atoms in total. The highest BCUT2D eigenvalue weighted by molar-refractivity contribution is 5.40. The smallest absolute Gasteiger partial charge is 0.253 e. The van der Waals surface area contributed by atoms with E-state index in [2.05, 4.69) is 15.5 Å². The summed E-state index contributed by atoms with van der Waals surface area (Å²) in [7, 11) is 1.91. The first kappa shape index (κ1) is 13.5. The van der Waals surface area contributed by atoms with E-state index < -0.39 is 0 Å². The summed E-state index contributed by atoms with van der Waals surface area (Å²) in [5, 5.41) is 11.0. The van der Waals surface area contributed by atoms with E-state index in [1.807, 2.05) is 39.1 Å². The maximum atomic E-state index is 5.83. The number of ether oxygens (including phenoxy) is 1. The van der Waals surface area contributed by atoms with Gasteiger partial charge in [-0.05, 0) is 19.5 Å². The number of aryl methyl sites for hydroxylation is 2. The van der Waals surface area contributed by atoms with Gasteiger partial charge in [0.25, 0.3) is 5.89 Å². The van der Waals surface area contributed by atoms with Crippen LogP contribution in [0.1, 0.15) is 29.8 Å². The van der Waals surface area contributed by atoms with E-state index in [0.29, 0.717) is 18.4 Å². The van der Waals surface area contributed by atoms with Crippen molar-refractivity contribution >= 4 is 0 Å². The fourth-order valence-electron chi connectivity index (χ4n) is 1.87. The Bertz CT molecular complexity index is 537. The summed E-state index contributed by atoms with van der Waals surface area (Å²) in [6, 6.07) is 6.10. The molecule has 0 saturated carbocycles. The van der Waals surface area contributed by atoms with Crippen LogP contribution in [0.2, 0.25) is 0 Å². The van der Waals surface area contributed by atoms with Crippen LogP contribution in [0.25, 0.3) is 0 Å². The molecule has 0 radical (unpaired) electrons. The molecular formula is C14H19N3O2. The van der Waals surface area contributed by atoms with Crippen molar-refractivity contribution in [1.82, 2.24) is 15.5 Å². The SMILES string of the molecule is CCc1nnc(COc2c(C)cccc2CNC)o1.